The van der Waals surface area contributed by atoms with Gasteiger partial charge in [-0.2, -0.15) is 0 Å². The molecule has 0 saturated carbocycles. The molecule has 1 aliphatic heterocycles. The van der Waals surface area contributed by atoms with Crippen molar-refractivity contribution in [1.82, 2.24) is 0 Å². The first kappa shape index (κ1) is 12.0. The number of quaternary nitrogens is 1. The molecule has 2 heteroatoms. The molecular formula is C14H22NS+. The maximum atomic E-state index is 2.39. The minimum Gasteiger partial charge on any atom is -0.334 e. The van der Waals surface area contributed by atoms with Crippen molar-refractivity contribution in [2.75, 3.05) is 25.4 Å². The number of hydrogen-bond donors (Lipinski definition) is 1. The second-order valence-electron chi connectivity index (χ2n) is 4.86. The lowest BCUT2D eigenvalue weighted by atomic mass is 10.0. The molecule has 0 amide bonds. The molecule has 1 aliphatic rings. The Hall–Kier alpha value is -0.470. The van der Waals surface area contributed by atoms with Crippen molar-refractivity contribution < 1.29 is 4.90 Å². The third kappa shape index (κ3) is 3.84. The van der Waals surface area contributed by atoms with Crippen LogP contribution in [-0.4, -0.2) is 25.4 Å². The second-order valence-corrected chi connectivity index (χ2v) is 6.03. The third-order valence-corrected chi connectivity index (χ3v) is 4.35. The molecule has 0 aliphatic carbocycles. The van der Waals surface area contributed by atoms with Crippen LogP contribution >= 0.6 is 11.8 Å². The van der Waals surface area contributed by atoms with Crippen LogP contribution in [0.1, 0.15) is 19.8 Å². The van der Waals surface area contributed by atoms with Gasteiger partial charge in [0.05, 0.1) is 19.6 Å². The molecule has 1 heterocycles. The topological polar surface area (TPSA) is 4.44 Å². The zero-order chi connectivity index (χ0) is 11.2. The average Bonchev–Trinajstić information content (AvgIpc) is 2.30. The number of likely N-dealkylation sites (tertiary alicyclic amines) is 1. The van der Waals surface area contributed by atoms with Crippen molar-refractivity contribution >= 4 is 11.8 Å². The first-order valence-electron chi connectivity index (χ1n) is 6.36. The predicted octanol–water partition coefficient (Wildman–Crippen LogP) is 2.09. The van der Waals surface area contributed by atoms with Gasteiger partial charge in [0, 0.05) is 16.6 Å². The predicted molar refractivity (Wildman–Crippen MR) is 71.1 cm³/mol. The first-order chi connectivity index (χ1) is 7.84. The van der Waals surface area contributed by atoms with Crippen molar-refractivity contribution in [1.29, 1.82) is 0 Å². The zero-order valence-corrected chi connectivity index (χ0v) is 10.9. The standard InChI is InChI=1S/C14H21NS/c1-13-6-5-9-15(12-13)10-11-16-14-7-3-2-4-8-14/h2-4,7-8,13H,5-6,9-12H2,1H3/p+1/t13-/m0/s1. The molecule has 1 saturated heterocycles. The van der Waals surface area contributed by atoms with Crippen LogP contribution in [0.25, 0.3) is 0 Å². The van der Waals surface area contributed by atoms with Gasteiger partial charge in [0.25, 0.3) is 0 Å². The maximum absolute atomic E-state index is 2.39. The quantitative estimate of drug-likeness (QED) is 0.784. The molecule has 0 radical (unpaired) electrons. The molecule has 2 atom stereocenters. The van der Waals surface area contributed by atoms with E-state index in [2.05, 4.69) is 37.3 Å². The summed E-state index contributed by atoms with van der Waals surface area (Å²) >= 11 is 1.99. The van der Waals surface area contributed by atoms with E-state index in [1.54, 1.807) is 0 Å². The van der Waals surface area contributed by atoms with E-state index in [1.165, 1.54) is 43.1 Å². The Morgan fingerprint density at radius 3 is 2.88 bits per heavy atom. The molecule has 1 aromatic carbocycles. The van der Waals surface area contributed by atoms with Gasteiger partial charge in [0.2, 0.25) is 0 Å². The van der Waals surface area contributed by atoms with Crippen LogP contribution in [0.15, 0.2) is 35.2 Å². The van der Waals surface area contributed by atoms with Gasteiger partial charge in [-0.25, -0.2) is 0 Å². The summed E-state index contributed by atoms with van der Waals surface area (Å²) < 4.78 is 0. The minimum atomic E-state index is 0.936. The van der Waals surface area contributed by atoms with Crippen LogP contribution in [0, 0.1) is 5.92 Å². The molecule has 16 heavy (non-hydrogen) atoms. The van der Waals surface area contributed by atoms with E-state index in [1.807, 2.05) is 16.7 Å². The fourth-order valence-corrected chi connectivity index (χ4v) is 3.43. The molecule has 1 unspecified atom stereocenters. The molecule has 1 nitrogen and oxygen atoms in total. The van der Waals surface area contributed by atoms with Crippen molar-refractivity contribution in [2.24, 2.45) is 5.92 Å². The Morgan fingerprint density at radius 1 is 1.31 bits per heavy atom. The number of thioether (sulfide) groups is 1. The fourth-order valence-electron chi connectivity index (χ4n) is 2.45. The lowest BCUT2D eigenvalue weighted by Crippen LogP contribution is -3.13. The Kier molecular flexibility index (Phi) is 4.73. The molecule has 2 rings (SSSR count). The van der Waals surface area contributed by atoms with E-state index < -0.39 is 0 Å². The largest absolute Gasteiger partial charge is 0.334 e. The van der Waals surface area contributed by atoms with E-state index >= 15 is 0 Å². The van der Waals surface area contributed by atoms with Gasteiger partial charge in [0.1, 0.15) is 0 Å². The SMILES string of the molecule is C[C@H]1CCC[NH+](CCSc2ccccc2)C1. The first-order valence-corrected chi connectivity index (χ1v) is 7.34. The highest BCUT2D eigenvalue weighted by atomic mass is 32.2. The molecular weight excluding hydrogens is 214 g/mol. The van der Waals surface area contributed by atoms with E-state index in [0.717, 1.165) is 5.92 Å². The van der Waals surface area contributed by atoms with Gasteiger partial charge >= 0.3 is 0 Å². The summed E-state index contributed by atoms with van der Waals surface area (Å²) in [5.74, 6) is 2.19. The number of piperidine rings is 1. The average molecular weight is 236 g/mol. The third-order valence-electron chi connectivity index (χ3n) is 3.33. The molecule has 1 fully saturated rings. The normalized spacial score (nSPS) is 25.6. The highest BCUT2D eigenvalue weighted by Crippen LogP contribution is 2.15. The minimum absolute atomic E-state index is 0.936. The number of benzene rings is 1. The van der Waals surface area contributed by atoms with E-state index in [-0.39, 0.29) is 0 Å². The molecule has 1 N–H and O–H groups in total. The summed E-state index contributed by atoms with van der Waals surface area (Å²) in [5, 5.41) is 0. The van der Waals surface area contributed by atoms with E-state index in [4.69, 9.17) is 0 Å². The van der Waals surface area contributed by atoms with Crippen LogP contribution in [-0.2, 0) is 0 Å². The number of hydrogen-bond acceptors (Lipinski definition) is 1. The monoisotopic (exact) mass is 236 g/mol. The van der Waals surface area contributed by atoms with Crippen LogP contribution in [0.4, 0.5) is 0 Å². The second kappa shape index (κ2) is 6.31. The molecule has 0 bridgehead atoms. The smallest absolute Gasteiger partial charge is 0.0866 e. The Morgan fingerprint density at radius 2 is 2.12 bits per heavy atom. The summed E-state index contributed by atoms with van der Waals surface area (Å²) in [6.45, 7) is 6.49. The van der Waals surface area contributed by atoms with Gasteiger partial charge in [-0.05, 0) is 25.0 Å². The van der Waals surface area contributed by atoms with Gasteiger partial charge in [-0.3, -0.25) is 0 Å². The highest BCUT2D eigenvalue weighted by Gasteiger charge is 2.18. The summed E-state index contributed by atoms with van der Waals surface area (Å²) in [7, 11) is 0. The Balaban J connectivity index is 1.68. The van der Waals surface area contributed by atoms with E-state index in [0.29, 0.717) is 0 Å². The molecule has 0 spiro atoms. The van der Waals surface area contributed by atoms with Crippen LogP contribution in [0.3, 0.4) is 0 Å². The van der Waals surface area contributed by atoms with Crippen molar-refractivity contribution in [3.05, 3.63) is 30.3 Å². The maximum Gasteiger partial charge on any atom is 0.0866 e. The van der Waals surface area contributed by atoms with Crippen molar-refractivity contribution in [3.63, 3.8) is 0 Å². The van der Waals surface area contributed by atoms with Gasteiger partial charge < -0.3 is 4.90 Å². The van der Waals surface area contributed by atoms with Crippen LogP contribution in [0.5, 0.6) is 0 Å². The molecule has 1 aromatic rings. The lowest BCUT2D eigenvalue weighted by Gasteiger charge is -2.27. The van der Waals surface area contributed by atoms with Gasteiger partial charge in [-0.1, -0.05) is 25.1 Å². The molecule has 88 valence electrons. The molecule has 0 aromatic heterocycles. The number of rotatable bonds is 4. The fraction of sp³-hybridized carbons (Fsp3) is 0.571. The summed E-state index contributed by atoms with van der Waals surface area (Å²) in [4.78, 5) is 3.22. The Bertz CT molecular complexity index is 299. The summed E-state index contributed by atoms with van der Waals surface area (Å²) in [6.07, 6.45) is 2.86. The Labute approximate surface area is 103 Å². The van der Waals surface area contributed by atoms with Crippen LogP contribution < -0.4 is 4.90 Å². The van der Waals surface area contributed by atoms with E-state index in [9.17, 15) is 0 Å². The van der Waals surface area contributed by atoms with Gasteiger partial charge in [-0.15, -0.1) is 11.8 Å². The summed E-state index contributed by atoms with van der Waals surface area (Å²) in [6, 6.07) is 10.7. The van der Waals surface area contributed by atoms with Crippen molar-refractivity contribution in [3.8, 4) is 0 Å². The highest BCUT2D eigenvalue weighted by molar-refractivity contribution is 7.99. The van der Waals surface area contributed by atoms with Gasteiger partial charge in [0.15, 0.2) is 0 Å². The zero-order valence-electron chi connectivity index (χ0n) is 10.1. The van der Waals surface area contributed by atoms with Crippen LogP contribution in [0.2, 0.25) is 0 Å². The van der Waals surface area contributed by atoms with Crippen molar-refractivity contribution in [2.45, 2.75) is 24.7 Å². The number of nitrogens with one attached hydrogen (secondary N) is 1. The summed E-state index contributed by atoms with van der Waals surface area (Å²) in [5.41, 5.74) is 0. The lowest BCUT2D eigenvalue weighted by molar-refractivity contribution is -0.906.